The monoisotopic (exact) mass is 466 g/mol. The molecule has 1 atom stereocenters. The summed E-state index contributed by atoms with van der Waals surface area (Å²) in [6, 6.07) is 17.1. The highest BCUT2D eigenvalue weighted by atomic mass is 32.2. The number of amides is 1. The number of aromatic nitrogens is 1. The van der Waals surface area contributed by atoms with E-state index in [2.05, 4.69) is 33.4 Å². The van der Waals surface area contributed by atoms with Crippen LogP contribution >= 0.6 is 0 Å². The Bertz CT molecular complexity index is 1210. The van der Waals surface area contributed by atoms with Gasteiger partial charge in [0.15, 0.2) is 0 Å². The van der Waals surface area contributed by atoms with Crippen LogP contribution in [0.1, 0.15) is 37.3 Å². The van der Waals surface area contributed by atoms with E-state index in [0.717, 1.165) is 44.3 Å². The van der Waals surface area contributed by atoms with Crippen LogP contribution in [0, 0.1) is 0 Å². The predicted molar refractivity (Wildman–Crippen MR) is 130 cm³/mol. The largest absolute Gasteiger partial charge is 0.358 e. The van der Waals surface area contributed by atoms with Gasteiger partial charge in [-0.3, -0.25) is 9.69 Å². The Kier molecular flexibility index (Phi) is 6.23. The Labute approximate surface area is 194 Å². The summed E-state index contributed by atoms with van der Waals surface area (Å²) >= 11 is 0. The number of nitrogens with zero attached hydrogens (tertiary/aromatic N) is 2. The van der Waals surface area contributed by atoms with E-state index in [1.807, 2.05) is 12.1 Å². The highest BCUT2D eigenvalue weighted by Gasteiger charge is 2.28. The summed E-state index contributed by atoms with van der Waals surface area (Å²) in [5.74, 6) is 0.246. The highest BCUT2D eigenvalue weighted by molar-refractivity contribution is 7.89. The van der Waals surface area contributed by atoms with Gasteiger partial charge in [0, 0.05) is 42.5 Å². The topological polar surface area (TPSA) is 85.5 Å². The van der Waals surface area contributed by atoms with E-state index in [4.69, 9.17) is 0 Å². The van der Waals surface area contributed by atoms with E-state index >= 15 is 0 Å². The Morgan fingerprint density at radius 3 is 2.64 bits per heavy atom. The smallest absolute Gasteiger partial charge is 0.243 e. The third-order valence-electron chi connectivity index (χ3n) is 6.68. The number of aromatic amines is 1. The minimum Gasteiger partial charge on any atom is -0.358 e. The Morgan fingerprint density at radius 2 is 1.82 bits per heavy atom. The van der Waals surface area contributed by atoms with Crippen LogP contribution in [-0.4, -0.2) is 61.2 Å². The van der Waals surface area contributed by atoms with Crippen LogP contribution in [0.5, 0.6) is 0 Å². The fourth-order valence-corrected chi connectivity index (χ4v) is 6.55. The third-order valence-corrected chi connectivity index (χ3v) is 8.58. The summed E-state index contributed by atoms with van der Waals surface area (Å²) in [7, 11) is -3.51. The third kappa shape index (κ3) is 4.83. The number of fused-ring (bicyclic) bond motifs is 1. The lowest BCUT2D eigenvalue weighted by molar-refractivity contribution is -0.117. The first-order chi connectivity index (χ1) is 16.0. The number of piperidine rings is 1. The highest BCUT2D eigenvalue weighted by Crippen LogP contribution is 2.29. The van der Waals surface area contributed by atoms with Crippen LogP contribution in [-0.2, 0) is 14.8 Å². The maximum Gasteiger partial charge on any atom is 0.243 e. The number of carbonyl (C=O) groups is 1. The number of carbonyl (C=O) groups excluding carboxylic acids is 1. The van der Waals surface area contributed by atoms with E-state index in [0.29, 0.717) is 31.2 Å². The van der Waals surface area contributed by atoms with Gasteiger partial charge in [-0.2, -0.15) is 4.31 Å². The average molecular weight is 467 g/mol. The second-order valence-corrected chi connectivity index (χ2v) is 11.0. The second kappa shape index (κ2) is 9.29. The summed E-state index contributed by atoms with van der Waals surface area (Å²) in [6.45, 7) is 3.12. The minimum atomic E-state index is -3.51. The van der Waals surface area contributed by atoms with Crippen LogP contribution < -0.4 is 5.32 Å². The van der Waals surface area contributed by atoms with Gasteiger partial charge in [0.25, 0.3) is 0 Å². The van der Waals surface area contributed by atoms with Gasteiger partial charge < -0.3 is 10.3 Å². The first kappa shape index (κ1) is 22.1. The molecule has 2 aromatic carbocycles. The number of para-hydroxylation sites is 1. The lowest BCUT2D eigenvalue weighted by Crippen LogP contribution is -2.39. The van der Waals surface area contributed by atoms with Gasteiger partial charge in [0.1, 0.15) is 0 Å². The van der Waals surface area contributed by atoms with E-state index in [1.54, 1.807) is 24.3 Å². The number of nitrogens with one attached hydrogen (secondary N) is 2. The molecule has 3 aromatic rings. The number of sulfonamides is 1. The van der Waals surface area contributed by atoms with Crippen molar-refractivity contribution >= 4 is 32.5 Å². The molecule has 3 heterocycles. The van der Waals surface area contributed by atoms with E-state index in [-0.39, 0.29) is 10.8 Å². The number of H-pyrrole nitrogens is 1. The van der Waals surface area contributed by atoms with Crippen molar-refractivity contribution < 1.29 is 13.2 Å². The normalized spacial score (nSPS) is 20.3. The van der Waals surface area contributed by atoms with Crippen molar-refractivity contribution in [1.29, 1.82) is 0 Å². The summed E-state index contributed by atoms with van der Waals surface area (Å²) in [4.78, 5) is 18.7. The quantitative estimate of drug-likeness (QED) is 0.579. The Hall–Kier alpha value is -2.68. The molecule has 0 spiro atoms. The SMILES string of the molecule is O=C(CN1CCC[C@@H](c2cc3ccccc3[nH]2)C1)Nc1cccc(S(=O)(=O)N2CCCC2)c1. The van der Waals surface area contributed by atoms with Gasteiger partial charge in [-0.1, -0.05) is 24.3 Å². The zero-order chi connectivity index (χ0) is 22.8. The molecule has 0 unspecified atom stereocenters. The first-order valence-corrected chi connectivity index (χ1v) is 13.1. The molecule has 2 N–H and O–H groups in total. The second-order valence-electron chi connectivity index (χ2n) is 9.07. The molecule has 0 aliphatic carbocycles. The van der Waals surface area contributed by atoms with Crippen LogP contribution in [0.25, 0.3) is 10.9 Å². The fourth-order valence-electron chi connectivity index (χ4n) is 4.98. The molecule has 8 heteroatoms. The molecule has 7 nitrogen and oxygen atoms in total. The van der Waals surface area contributed by atoms with Crippen molar-refractivity contribution in [1.82, 2.24) is 14.2 Å². The molecule has 1 aromatic heterocycles. The number of hydrogen-bond acceptors (Lipinski definition) is 4. The van der Waals surface area contributed by atoms with E-state index < -0.39 is 10.0 Å². The van der Waals surface area contributed by atoms with Gasteiger partial charge in [-0.15, -0.1) is 0 Å². The zero-order valence-electron chi connectivity index (χ0n) is 18.7. The van der Waals surface area contributed by atoms with Gasteiger partial charge >= 0.3 is 0 Å². The van der Waals surface area contributed by atoms with E-state index in [9.17, 15) is 13.2 Å². The molecule has 0 saturated carbocycles. The number of hydrogen-bond donors (Lipinski definition) is 2. The maximum atomic E-state index is 12.8. The molecular formula is C25H30N4O3S. The predicted octanol–water partition coefficient (Wildman–Crippen LogP) is 3.77. The van der Waals surface area contributed by atoms with Crippen molar-refractivity contribution in [3.63, 3.8) is 0 Å². The minimum absolute atomic E-state index is 0.122. The molecule has 33 heavy (non-hydrogen) atoms. The van der Waals surface area contributed by atoms with Crippen molar-refractivity contribution in [2.45, 2.75) is 36.5 Å². The lowest BCUT2D eigenvalue weighted by Gasteiger charge is -2.31. The van der Waals surface area contributed by atoms with Gasteiger partial charge in [-0.25, -0.2) is 8.42 Å². The number of benzene rings is 2. The van der Waals surface area contributed by atoms with Crippen molar-refractivity contribution in [3.05, 3.63) is 60.3 Å². The standard InChI is InChI=1S/C25H30N4O3S/c30-25(26-21-9-5-10-22(16-21)33(31,32)29-13-3-4-14-29)18-28-12-6-8-20(17-28)24-15-19-7-1-2-11-23(19)27-24/h1-2,5,7,9-11,15-16,20,27H,3-4,6,8,12-14,17-18H2,(H,26,30)/t20-/m1/s1. The number of likely N-dealkylation sites (tertiary alicyclic amines) is 1. The molecule has 1 amide bonds. The molecule has 0 radical (unpaired) electrons. The summed E-state index contributed by atoms with van der Waals surface area (Å²) in [6.07, 6.45) is 3.92. The molecule has 174 valence electrons. The molecule has 2 aliphatic rings. The van der Waals surface area contributed by atoms with Crippen LogP contribution in [0.3, 0.4) is 0 Å². The van der Waals surface area contributed by atoms with Crippen molar-refractivity contribution in [2.75, 3.05) is 38.0 Å². The Morgan fingerprint density at radius 1 is 1.00 bits per heavy atom. The molecule has 2 saturated heterocycles. The van der Waals surface area contributed by atoms with Crippen LogP contribution in [0.15, 0.2) is 59.5 Å². The van der Waals surface area contributed by atoms with Gasteiger partial charge in [-0.05, 0) is 67.9 Å². The average Bonchev–Trinajstić information content (AvgIpc) is 3.50. The molecular weight excluding hydrogens is 436 g/mol. The van der Waals surface area contributed by atoms with Gasteiger partial charge in [0.2, 0.25) is 15.9 Å². The van der Waals surface area contributed by atoms with Crippen LogP contribution in [0.2, 0.25) is 0 Å². The summed E-state index contributed by atoms with van der Waals surface area (Å²) in [5.41, 5.74) is 2.89. The molecule has 5 rings (SSSR count). The van der Waals surface area contributed by atoms with E-state index in [1.165, 1.54) is 15.4 Å². The number of rotatable bonds is 6. The molecule has 2 fully saturated rings. The number of anilines is 1. The zero-order valence-corrected chi connectivity index (χ0v) is 19.5. The summed E-state index contributed by atoms with van der Waals surface area (Å²) in [5, 5.41) is 4.11. The van der Waals surface area contributed by atoms with Crippen molar-refractivity contribution in [3.8, 4) is 0 Å². The lowest BCUT2D eigenvalue weighted by atomic mass is 9.95. The van der Waals surface area contributed by atoms with Crippen LogP contribution in [0.4, 0.5) is 5.69 Å². The van der Waals surface area contributed by atoms with Gasteiger partial charge in [0.05, 0.1) is 11.4 Å². The van der Waals surface area contributed by atoms with Crippen molar-refractivity contribution in [2.24, 2.45) is 0 Å². The maximum absolute atomic E-state index is 12.8. The first-order valence-electron chi connectivity index (χ1n) is 11.7. The fraction of sp³-hybridized carbons (Fsp3) is 0.400. The Balaban J connectivity index is 1.22. The summed E-state index contributed by atoms with van der Waals surface area (Å²) < 4.78 is 27.2. The molecule has 0 bridgehead atoms. The molecule has 2 aliphatic heterocycles.